The summed E-state index contributed by atoms with van der Waals surface area (Å²) in [6, 6.07) is 11.9. The van der Waals surface area contributed by atoms with E-state index in [1.807, 2.05) is 18.2 Å². The standard InChI is InChI=1S/C17H23N3O2/c1-20(15-7-3-2-4-8-15)10-6-5-9-19-17(21)14-11-16(12-18)22-13-14/h2-4,7-8,11,13H,5-6,9-10,12,18H2,1H3,(H,19,21). The number of unbranched alkanes of at least 4 members (excludes halogenated alkanes) is 1. The molecule has 0 aliphatic rings. The zero-order valence-corrected chi connectivity index (χ0v) is 12.9. The molecule has 0 saturated heterocycles. The third-order valence-electron chi connectivity index (χ3n) is 3.52. The van der Waals surface area contributed by atoms with Crippen molar-refractivity contribution in [3.8, 4) is 0 Å². The van der Waals surface area contributed by atoms with Gasteiger partial charge in [0.05, 0.1) is 12.1 Å². The fraction of sp³-hybridized carbons (Fsp3) is 0.353. The first kappa shape index (κ1) is 16.1. The predicted molar refractivity (Wildman–Crippen MR) is 87.9 cm³/mol. The van der Waals surface area contributed by atoms with E-state index in [0.717, 1.165) is 19.4 Å². The number of nitrogens with two attached hydrogens (primary N) is 1. The molecule has 3 N–H and O–H groups in total. The second-order valence-corrected chi connectivity index (χ2v) is 5.23. The van der Waals surface area contributed by atoms with E-state index in [1.54, 1.807) is 6.07 Å². The highest BCUT2D eigenvalue weighted by atomic mass is 16.3. The van der Waals surface area contributed by atoms with Gasteiger partial charge in [-0.25, -0.2) is 0 Å². The number of nitrogens with zero attached hydrogens (tertiary/aromatic N) is 1. The zero-order valence-electron chi connectivity index (χ0n) is 12.9. The van der Waals surface area contributed by atoms with Crippen LogP contribution in [0.5, 0.6) is 0 Å². The van der Waals surface area contributed by atoms with Crippen LogP contribution in [0.15, 0.2) is 47.1 Å². The number of carbonyl (C=O) groups excluding carboxylic acids is 1. The lowest BCUT2D eigenvalue weighted by Crippen LogP contribution is -2.25. The molecule has 1 aromatic carbocycles. The quantitative estimate of drug-likeness (QED) is 0.734. The van der Waals surface area contributed by atoms with Crippen molar-refractivity contribution < 1.29 is 9.21 Å². The van der Waals surface area contributed by atoms with E-state index in [4.69, 9.17) is 10.2 Å². The number of carbonyl (C=O) groups is 1. The van der Waals surface area contributed by atoms with Crippen LogP contribution >= 0.6 is 0 Å². The molecule has 5 nitrogen and oxygen atoms in total. The highest BCUT2D eigenvalue weighted by Gasteiger charge is 2.08. The summed E-state index contributed by atoms with van der Waals surface area (Å²) < 4.78 is 5.15. The van der Waals surface area contributed by atoms with Crippen LogP contribution in [0.1, 0.15) is 29.0 Å². The molecular weight excluding hydrogens is 278 g/mol. The fourth-order valence-corrected chi connectivity index (χ4v) is 2.20. The molecule has 1 heterocycles. The largest absolute Gasteiger partial charge is 0.467 e. The van der Waals surface area contributed by atoms with Crippen molar-refractivity contribution in [1.82, 2.24) is 5.32 Å². The number of para-hydroxylation sites is 1. The van der Waals surface area contributed by atoms with Gasteiger partial charge in [0, 0.05) is 25.8 Å². The first-order chi connectivity index (χ1) is 10.7. The lowest BCUT2D eigenvalue weighted by atomic mass is 10.2. The maximum absolute atomic E-state index is 11.9. The Morgan fingerprint density at radius 1 is 1.27 bits per heavy atom. The van der Waals surface area contributed by atoms with E-state index in [1.165, 1.54) is 12.0 Å². The molecule has 2 rings (SSSR count). The Morgan fingerprint density at radius 2 is 2.05 bits per heavy atom. The first-order valence-electron chi connectivity index (χ1n) is 7.52. The number of hydrogen-bond donors (Lipinski definition) is 2. The molecule has 0 saturated carbocycles. The Morgan fingerprint density at radius 3 is 2.73 bits per heavy atom. The van der Waals surface area contributed by atoms with Crippen LogP contribution in [0.2, 0.25) is 0 Å². The van der Waals surface area contributed by atoms with Gasteiger partial charge in [0.1, 0.15) is 12.0 Å². The van der Waals surface area contributed by atoms with E-state index in [-0.39, 0.29) is 5.91 Å². The Kier molecular flexibility index (Phi) is 6.03. The van der Waals surface area contributed by atoms with Crippen molar-refractivity contribution in [3.63, 3.8) is 0 Å². The molecule has 0 bridgehead atoms. The summed E-state index contributed by atoms with van der Waals surface area (Å²) in [6.45, 7) is 1.92. The van der Waals surface area contributed by atoms with Crippen LogP contribution in [0.3, 0.4) is 0 Å². The molecule has 0 spiro atoms. The topological polar surface area (TPSA) is 71.5 Å². The van der Waals surface area contributed by atoms with Crippen LogP contribution < -0.4 is 16.0 Å². The fourth-order valence-electron chi connectivity index (χ4n) is 2.20. The third kappa shape index (κ3) is 4.63. The molecule has 0 aliphatic heterocycles. The van der Waals surface area contributed by atoms with E-state index >= 15 is 0 Å². The van der Waals surface area contributed by atoms with Crippen molar-refractivity contribution in [2.24, 2.45) is 5.73 Å². The Hall–Kier alpha value is -2.27. The molecule has 118 valence electrons. The molecule has 0 unspecified atom stereocenters. The van der Waals surface area contributed by atoms with Crippen molar-refractivity contribution in [3.05, 3.63) is 54.0 Å². The summed E-state index contributed by atoms with van der Waals surface area (Å²) in [7, 11) is 2.08. The second kappa shape index (κ2) is 8.24. The first-order valence-corrected chi connectivity index (χ1v) is 7.52. The minimum Gasteiger partial charge on any atom is -0.467 e. The van der Waals surface area contributed by atoms with E-state index in [0.29, 0.717) is 24.4 Å². The van der Waals surface area contributed by atoms with Crippen LogP contribution in [-0.4, -0.2) is 26.0 Å². The number of amides is 1. The van der Waals surface area contributed by atoms with Crippen LogP contribution in [0.25, 0.3) is 0 Å². The SMILES string of the molecule is CN(CCCCNC(=O)c1coc(CN)c1)c1ccccc1. The van der Waals surface area contributed by atoms with Crippen molar-refractivity contribution in [1.29, 1.82) is 0 Å². The van der Waals surface area contributed by atoms with Gasteiger partial charge < -0.3 is 20.4 Å². The monoisotopic (exact) mass is 301 g/mol. The Balaban J connectivity index is 1.64. The molecule has 1 amide bonds. The van der Waals surface area contributed by atoms with Crippen LogP contribution in [0.4, 0.5) is 5.69 Å². The van der Waals surface area contributed by atoms with E-state index in [2.05, 4.69) is 29.4 Å². The number of hydrogen-bond acceptors (Lipinski definition) is 4. The Bertz CT molecular complexity index is 581. The number of anilines is 1. The van der Waals surface area contributed by atoms with Gasteiger partial charge in [0.15, 0.2) is 0 Å². The van der Waals surface area contributed by atoms with Crippen LogP contribution in [0, 0.1) is 0 Å². The second-order valence-electron chi connectivity index (χ2n) is 5.23. The summed E-state index contributed by atoms with van der Waals surface area (Å²) in [5.41, 5.74) is 7.19. The summed E-state index contributed by atoms with van der Waals surface area (Å²) >= 11 is 0. The van der Waals surface area contributed by atoms with Gasteiger partial charge in [-0.15, -0.1) is 0 Å². The average molecular weight is 301 g/mol. The van der Waals surface area contributed by atoms with Gasteiger partial charge in [-0.05, 0) is 31.0 Å². The number of furan rings is 1. The normalized spacial score (nSPS) is 10.5. The molecule has 5 heteroatoms. The Labute approximate surface area is 131 Å². The van der Waals surface area contributed by atoms with Gasteiger partial charge in [0.25, 0.3) is 5.91 Å². The zero-order chi connectivity index (χ0) is 15.8. The molecule has 22 heavy (non-hydrogen) atoms. The van der Waals surface area contributed by atoms with Crippen LogP contribution in [-0.2, 0) is 6.54 Å². The lowest BCUT2D eigenvalue weighted by molar-refractivity contribution is 0.0952. The summed E-state index contributed by atoms with van der Waals surface area (Å²) in [5, 5.41) is 2.89. The maximum atomic E-state index is 11.9. The van der Waals surface area contributed by atoms with Gasteiger partial charge in [-0.2, -0.15) is 0 Å². The van der Waals surface area contributed by atoms with Gasteiger partial charge in [0.2, 0.25) is 0 Å². The van der Waals surface area contributed by atoms with Crippen molar-refractivity contribution in [2.45, 2.75) is 19.4 Å². The van der Waals surface area contributed by atoms with Gasteiger partial charge in [-0.1, -0.05) is 18.2 Å². The third-order valence-corrected chi connectivity index (χ3v) is 3.52. The van der Waals surface area contributed by atoms with E-state index < -0.39 is 0 Å². The predicted octanol–water partition coefficient (Wildman–Crippen LogP) is 2.38. The highest BCUT2D eigenvalue weighted by molar-refractivity contribution is 5.93. The minimum atomic E-state index is -0.111. The summed E-state index contributed by atoms with van der Waals surface area (Å²) in [6.07, 6.45) is 3.40. The molecule has 0 radical (unpaired) electrons. The number of nitrogens with one attached hydrogen (secondary N) is 1. The van der Waals surface area contributed by atoms with Gasteiger partial charge in [-0.3, -0.25) is 4.79 Å². The molecular formula is C17H23N3O2. The summed E-state index contributed by atoms with van der Waals surface area (Å²) in [4.78, 5) is 14.1. The van der Waals surface area contributed by atoms with Gasteiger partial charge >= 0.3 is 0 Å². The molecule has 0 aliphatic carbocycles. The van der Waals surface area contributed by atoms with Crippen molar-refractivity contribution in [2.75, 3.05) is 25.0 Å². The smallest absolute Gasteiger partial charge is 0.254 e. The molecule has 1 aromatic heterocycles. The average Bonchev–Trinajstić information content (AvgIpc) is 3.04. The minimum absolute atomic E-state index is 0.111. The van der Waals surface area contributed by atoms with E-state index in [9.17, 15) is 4.79 Å². The molecule has 0 fully saturated rings. The molecule has 0 atom stereocenters. The summed E-state index contributed by atoms with van der Waals surface area (Å²) in [5.74, 6) is 0.509. The molecule has 2 aromatic rings. The number of rotatable bonds is 8. The maximum Gasteiger partial charge on any atom is 0.254 e. The number of benzene rings is 1. The highest BCUT2D eigenvalue weighted by Crippen LogP contribution is 2.11. The van der Waals surface area contributed by atoms with Crippen molar-refractivity contribution >= 4 is 11.6 Å². The lowest BCUT2D eigenvalue weighted by Gasteiger charge is -2.19.